The molecule has 26 heavy (non-hydrogen) atoms. The summed E-state index contributed by atoms with van der Waals surface area (Å²) in [6.07, 6.45) is 0.798. The Morgan fingerprint density at radius 2 is 1.92 bits per heavy atom. The van der Waals surface area contributed by atoms with Gasteiger partial charge in [0.2, 0.25) is 0 Å². The highest BCUT2D eigenvalue weighted by Crippen LogP contribution is 2.28. The number of aromatic nitrogens is 2. The molecule has 0 spiro atoms. The van der Waals surface area contributed by atoms with Crippen molar-refractivity contribution in [2.75, 3.05) is 6.54 Å². The van der Waals surface area contributed by atoms with Crippen molar-refractivity contribution in [3.8, 4) is 16.9 Å². The Balaban J connectivity index is 2.13. The number of carbonyl (C=O) groups is 1. The molecule has 134 valence electrons. The number of amides is 1. The van der Waals surface area contributed by atoms with Gasteiger partial charge in [0.1, 0.15) is 11.5 Å². The second-order valence-corrected chi connectivity index (χ2v) is 6.48. The lowest BCUT2D eigenvalue weighted by molar-refractivity contribution is 0.0946. The van der Waals surface area contributed by atoms with Gasteiger partial charge in [-0.25, -0.2) is 9.07 Å². The molecule has 2 aromatic carbocycles. The van der Waals surface area contributed by atoms with Crippen molar-refractivity contribution in [1.82, 2.24) is 15.1 Å². The molecule has 0 aliphatic heterocycles. The second kappa shape index (κ2) is 7.89. The predicted octanol–water partition coefficient (Wildman–Crippen LogP) is 5.13. The van der Waals surface area contributed by atoms with Gasteiger partial charge in [0, 0.05) is 12.1 Å². The van der Waals surface area contributed by atoms with Crippen molar-refractivity contribution in [2.45, 2.75) is 13.3 Å². The number of benzene rings is 2. The van der Waals surface area contributed by atoms with E-state index in [0.29, 0.717) is 33.5 Å². The molecule has 1 amide bonds. The van der Waals surface area contributed by atoms with Crippen LogP contribution in [0, 0.1) is 5.82 Å². The molecule has 0 bridgehead atoms. The Bertz CT molecular complexity index is 956. The summed E-state index contributed by atoms with van der Waals surface area (Å²) in [4.78, 5) is 12.6. The van der Waals surface area contributed by atoms with Gasteiger partial charge in [-0.3, -0.25) is 4.79 Å². The van der Waals surface area contributed by atoms with Crippen LogP contribution in [0.15, 0.2) is 48.5 Å². The van der Waals surface area contributed by atoms with Gasteiger partial charge < -0.3 is 5.32 Å². The van der Waals surface area contributed by atoms with E-state index in [0.717, 1.165) is 6.42 Å². The molecule has 4 nitrogen and oxygen atoms in total. The first-order valence-corrected chi connectivity index (χ1v) is 8.85. The standard InChI is InChI=1S/C19H16Cl2FN3O/c1-2-9-23-19(26)18-11-17(13-5-3-4-6-16(13)22)24-25(18)12-7-8-14(20)15(21)10-12/h3-8,10-11H,2,9H2,1H3,(H,23,26). The van der Waals surface area contributed by atoms with Crippen LogP contribution in [0.4, 0.5) is 4.39 Å². The Labute approximate surface area is 160 Å². The minimum absolute atomic E-state index is 0.287. The molecule has 7 heteroatoms. The average Bonchev–Trinajstić information content (AvgIpc) is 3.07. The maximum Gasteiger partial charge on any atom is 0.270 e. The molecule has 1 heterocycles. The molecule has 3 rings (SSSR count). The van der Waals surface area contributed by atoms with E-state index >= 15 is 0 Å². The van der Waals surface area contributed by atoms with E-state index in [2.05, 4.69) is 10.4 Å². The third kappa shape index (κ3) is 3.74. The number of hydrogen-bond donors (Lipinski definition) is 1. The van der Waals surface area contributed by atoms with Gasteiger partial charge in [0.05, 0.1) is 21.4 Å². The molecule has 0 aliphatic carbocycles. The fourth-order valence-corrected chi connectivity index (χ4v) is 2.78. The average molecular weight is 392 g/mol. The highest BCUT2D eigenvalue weighted by molar-refractivity contribution is 6.42. The summed E-state index contributed by atoms with van der Waals surface area (Å²) >= 11 is 12.1. The highest BCUT2D eigenvalue weighted by atomic mass is 35.5. The number of carbonyl (C=O) groups excluding carboxylic acids is 1. The van der Waals surface area contributed by atoms with Crippen molar-refractivity contribution in [3.63, 3.8) is 0 Å². The predicted molar refractivity (Wildman–Crippen MR) is 102 cm³/mol. The van der Waals surface area contributed by atoms with Crippen LogP contribution >= 0.6 is 23.2 Å². The first-order valence-electron chi connectivity index (χ1n) is 8.10. The van der Waals surface area contributed by atoms with E-state index in [9.17, 15) is 9.18 Å². The van der Waals surface area contributed by atoms with E-state index in [1.165, 1.54) is 10.7 Å². The zero-order valence-corrected chi connectivity index (χ0v) is 15.5. The van der Waals surface area contributed by atoms with E-state index < -0.39 is 5.82 Å². The van der Waals surface area contributed by atoms with Crippen LogP contribution in [0.3, 0.4) is 0 Å². The third-order valence-corrected chi connectivity index (χ3v) is 4.51. The largest absolute Gasteiger partial charge is 0.351 e. The summed E-state index contributed by atoms with van der Waals surface area (Å²) in [7, 11) is 0. The van der Waals surface area contributed by atoms with Gasteiger partial charge in [-0.2, -0.15) is 5.10 Å². The van der Waals surface area contributed by atoms with Crippen molar-refractivity contribution in [2.24, 2.45) is 0 Å². The van der Waals surface area contributed by atoms with Crippen molar-refractivity contribution >= 4 is 29.1 Å². The van der Waals surface area contributed by atoms with Gasteiger partial charge in [-0.15, -0.1) is 0 Å². The first-order chi connectivity index (χ1) is 12.5. The van der Waals surface area contributed by atoms with E-state index in [1.807, 2.05) is 6.92 Å². The minimum Gasteiger partial charge on any atom is -0.351 e. The zero-order chi connectivity index (χ0) is 18.7. The summed E-state index contributed by atoms with van der Waals surface area (Å²) in [6, 6.07) is 12.8. The minimum atomic E-state index is -0.410. The van der Waals surface area contributed by atoms with Crippen LogP contribution in [-0.2, 0) is 0 Å². The van der Waals surface area contributed by atoms with Crippen LogP contribution in [-0.4, -0.2) is 22.2 Å². The molecule has 1 aromatic heterocycles. The van der Waals surface area contributed by atoms with Gasteiger partial charge in [0.15, 0.2) is 0 Å². The maximum absolute atomic E-state index is 14.2. The molecule has 0 atom stereocenters. The summed E-state index contributed by atoms with van der Waals surface area (Å²) in [5, 5.41) is 7.97. The zero-order valence-electron chi connectivity index (χ0n) is 14.0. The molecule has 1 N–H and O–H groups in total. The lowest BCUT2D eigenvalue weighted by Gasteiger charge is -2.08. The fraction of sp³-hybridized carbons (Fsp3) is 0.158. The summed E-state index contributed by atoms with van der Waals surface area (Å²) in [5.41, 5.74) is 1.52. The monoisotopic (exact) mass is 391 g/mol. The molecule has 0 saturated carbocycles. The number of rotatable bonds is 5. The molecule has 0 fully saturated rings. The van der Waals surface area contributed by atoms with Gasteiger partial charge in [-0.1, -0.05) is 42.3 Å². The molecule has 0 saturated heterocycles. The maximum atomic E-state index is 14.2. The van der Waals surface area contributed by atoms with E-state index in [-0.39, 0.29) is 11.6 Å². The summed E-state index contributed by atoms with van der Waals surface area (Å²) < 4.78 is 15.6. The van der Waals surface area contributed by atoms with Crippen molar-refractivity contribution in [1.29, 1.82) is 0 Å². The Hall–Kier alpha value is -2.37. The SMILES string of the molecule is CCCNC(=O)c1cc(-c2ccccc2F)nn1-c1ccc(Cl)c(Cl)c1. The van der Waals surface area contributed by atoms with Crippen LogP contribution in [0.5, 0.6) is 0 Å². The van der Waals surface area contributed by atoms with Crippen LogP contribution < -0.4 is 5.32 Å². The van der Waals surface area contributed by atoms with Crippen LogP contribution in [0.2, 0.25) is 10.0 Å². The Kier molecular flexibility index (Phi) is 5.59. The van der Waals surface area contributed by atoms with E-state index in [4.69, 9.17) is 23.2 Å². The number of nitrogens with zero attached hydrogens (tertiary/aromatic N) is 2. The normalized spacial score (nSPS) is 10.8. The first kappa shape index (κ1) is 18.4. The number of halogens is 3. The molecule has 0 aliphatic rings. The van der Waals surface area contributed by atoms with Gasteiger partial charge >= 0.3 is 0 Å². The van der Waals surface area contributed by atoms with Gasteiger partial charge in [-0.05, 0) is 42.8 Å². The number of nitrogens with one attached hydrogen (secondary N) is 1. The second-order valence-electron chi connectivity index (χ2n) is 5.66. The third-order valence-electron chi connectivity index (χ3n) is 3.78. The smallest absolute Gasteiger partial charge is 0.270 e. The molecule has 3 aromatic rings. The lowest BCUT2D eigenvalue weighted by Crippen LogP contribution is -2.26. The molecule has 0 unspecified atom stereocenters. The van der Waals surface area contributed by atoms with Gasteiger partial charge in [0.25, 0.3) is 5.91 Å². The number of hydrogen-bond acceptors (Lipinski definition) is 2. The Morgan fingerprint density at radius 1 is 1.15 bits per heavy atom. The lowest BCUT2D eigenvalue weighted by atomic mass is 10.1. The molecular weight excluding hydrogens is 376 g/mol. The van der Waals surface area contributed by atoms with Crippen LogP contribution in [0.1, 0.15) is 23.8 Å². The van der Waals surface area contributed by atoms with Crippen molar-refractivity contribution < 1.29 is 9.18 Å². The molecule has 0 radical (unpaired) electrons. The highest BCUT2D eigenvalue weighted by Gasteiger charge is 2.19. The molecular formula is C19H16Cl2FN3O. The van der Waals surface area contributed by atoms with Crippen molar-refractivity contribution in [3.05, 3.63) is 70.1 Å². The van der Waals surface area contributed by atoms with Crippen LogP contribution in [0.25, 0.3) is 16.9 Å². The Morgan fingerprint density at radius 3 is 2.62 bits per heavy atom. The topological polar surface area (TPSA) is 46.9 Å². The quantitative estimate of drug-likeness (QED) is 0.655. The summed E-state index contributed by atoms with van der Waals surface area (Å²) in [5.74, 6) is -0.709. The fourth-order valence-electron chi connectivity index (χ4n) is 2.49. The van der Waals surface area contributed by atoms with E-state index in [1.54, 1.807) is 42.5 Å². The summed E-state index contributed by atoms with van der Waals surface area (Å²) in [6.45, 7) is 2.49.